The highest BCUT2D eigenvalue weighted by Crippen LogP contribution is 2.19. The Balaban J connectivity index is 2.15. The number of amides is 2. The predicted molar refractivity (Wildman–Crippen MR) is 116 cm³/mol. The lowest BCUT2D eigenvalue weighted by Gasteiger charge is -2.24. The Morgan fingerprint density at radius 1 is 0.906 bits per heavy atom. The highest BCUT2D eigenvalue weighted by atomic mass is 32.2. The molecule has 7 nitrogen and oxygen atoms in total. The van der Waals surface area contributed by atoms with Gasteiger partial charge in [-0.05, 0) is 42.7 Å². The average Bonchev–Trinajstić information content (AvgIpc) is 2.71. The first-order valence-electron chi connectivity index (χ1n) is 9.94. The largest absolute Gasteiger partial charge is 0.348 e. The molecule has 32 heavy (non-hydrogen) atoms. The van der Waals surface area contributed by atoms with E-state index in [1.54, 1.807) is 32.9 Å². The summed E-state index contributed by atoms with van der Waals surface area (Å²) in [4.78, 5) is 25.3. The fraction of sp³-hybridized carbons (Fsp3) is 0.364. The number of nitrogens with one attached hydrogen (secondary N) is 2. The van der Waals surface area contributed by atoms with Crippen LogP contribution < -0.4 is 10.6 Å². The molecule has 0 fully saturated rings. The van der Waals surface area contributed by atoms with Gasteiger partial charge in [0.05, 0.1) is 10.9 Å². The van der Waals surface area contributed by atoms with Gasteiger partial charge in [0.15, 0.2) is 0 Å². The summed E-state index contributed by atoms with van der Waals surface area (Å²) in [5, 5.41) is 5.14. The number of carbonyl (C=O) groups is 2. The van der Waals surface area contributed by atoms with Crippen molar-refractivity contribution in [3.63, 3.8) is 0 Å². The quantitative estimate of drug-likeness (QED) is 0.624. The van der Waals surface area contributed by atoms with Crippen molar-refractivity contribution >= 4 is 21.8 Å². The number of benzene rings is 2. The van der Waals surface area contributed by atoms with Crippen LogP contribution in [0.3, 0.4) is 0 Å². The number of halogens is 2. The van der Waals surface area contributed by atoms with Gasteiger partial charge in [-0.15, -0.1) is 0 Å². The molecule has 2 rings (SSSR count). The molecule has 0 heterocycles. The summed E-state index contributed by atoms with van der Waals surface area (Å²) in [6.07, 6.45) is 0. The summed E-state index contributed by atoms with van der Waals surface area (Å²) in [6.45, 7) is 5.07. The number of rotatable bonds is 8. The number of sulfonamides is 1. The Kier molecular flexibility index (Phi) is 8.08. The number of hydrogen-bond donors (Lipinski definition) is 2. The van der Waals surface area contributed by atoms with Crippen LogP contribution in [-0.4, -0.2) is 44.7 Å². The first-order valence-corrected chi connectivity index (χ1v) is 11.4. The van der Waals surface area contributed by atoms with Crippen LogP contribution in [0.5, 0.6) is 0 Å². The lowest BCUT2D eigenvalue weighted by Crippen LogP contribution is -2.50. The summed E-state index contributed by atoms with van der Waals surface area (Å²) in [7, 11) is -0.716. The minimum Gasteiger partial charge on any atom is -0.348 e. The van der Waals surface area contributed by atoms with Crippen molar-refractivity contribution in [3.05, 3.63) is 65.2 Å². The van der Waals surface area contributed by atoms with Gasteiger partial charge in [0.25, 0.3) is 5.91 Å². The van der Waals surface area contributed by atoms with Crippen molar-refractivity contribution in [2.24, 2.45) is 5.92 Å². The van der Waals surface area contributed by atoms with Crippen LogP contribution in [0.2, 0.25) is 0 Å². The lowest BCUT2D eigenvalue weighted by atomic mass is 10.0. The van der Waals surface area contributed by atoms with E-state index in [9.17, 15) is 26.8 Å². The van der Waals surface area contributed by atoms with Crippen LogP contribution in [0.1, 0.15) is 42.7 Å². The van der Waals surface area contributed by atoms with E-state index in [-0.39, 0.29) is 10.8 Å². The van der Waals surface area contributed by atoms with E-state index in [2.05, 4.69) is 10.6 Å². The van der Waals surface area contributed by atoms with Gasteiger partial charge in [0, 0.05) is 14.1 Å². The third-order valence-corrected chi connectivity index (χ3v) is 6.77. The van der Waals surface area contributed by atoms with Crippen LogP contribution in [0.15, 0.2) is 47.4 Å². The minimum absolute atomic E-state index is 0.115. The molecule has 0 saturated heterocycles. The van der Waals surface area contributed by atoms with E-state index in [0.29, 0.717) is 5.56 Å². The minimum atomic E-state index is -3.58. The number of hydrogen-bond acceptors (Lipinski definition) is 4. The molecule has 2 aromatic carbocycles. The Morgan fingerprint density at radius 3 is 1.91 bits per heavy atom. The maximum atomic E-state index is 13.9. The van der Waals surface area contributed by atoms with Crippen LogP contribution in [0, 0.1) is 17.6 Å². The summed E-state index contributed by atoms with van der Waals surface area (Å²) in [5.74, 6) is -3.98. The Hall–Kier alpha value is -2.85. The van der Waals surface area contributed by atoms with Crippen LogP contribution in [0.4, 0.5) is 8.78 Å². The first kappa shape index (κ1) is 25.4. The molecule has 2 atom stereocenters. The highest BCUT2D eigenvalue weighted by molar-refractivity contribution is 7.89. The molecule has 0 aliphatic carbocycles. The average molecular weight is 468 g/mol. The standard InChI is InChI=1S/C22H27F2N3O4S/c1-13(2)20(26-21(28)19-17(23)7-6-8-18(19)24)22(29)25-14(3)15-9-11-16(12-10-15)32(30,31)27(4)5/h6-14,20H,1-5H3,(H,25,29)(H,26,28)/t14?,20-/m0/s1. The Bertz CT molecular complexity index is 1070. The first-order chi connectivity index (χ1) is 14.9. The number of nitrogens with zero attached hydrogens (tertiary/aromatic N) is 1. The molecule has 0 saturated carbocycles. The van der Waals surface area contributed by atoms with Gasteiger partial charge >= 0.3 is 0 Å². The molecule has 1 unspecified atom stereocenters. The Labute approximate surface area is 186 Å². The van der Waals surface area contributed by atoms with E-state index in [1.165, 1.54) is 26.2 Å². The van der Waals surface area contributed by atoms with Gasteiger partial charge in [-0.3, -0.25) is 9.59 Å². The molecule has 0 aliphatic rings. The summed E-state index contributed by atoms with van der Waals surface area (Å²) in [6, 6.07) is 7.56. The van der Waals surface area contributed by atoms with Gasteiger partial charge in [0.1, 0.15) is 23.2 Å². The van der Waals surface area contributed by atoms with Gasteiger partial charge in [0.2, 0.25) is 15.9 Å². The van der Waals surface area contributed by atoms with Crippen molar-refractivity contribution in [2.75, 3.05) is 14.1 Å². The molecular weight excluding hydrogens is 440 g/mol. The van der Waals surface area contributed by atoms with Crippen molar-refractivity contribution in [1.82, 2.24) is 14.9 Å². The molecule has 174 valence electrons. The predicted octanol–water partition coefficient (Wildman–Crippen LogP) is 2.85. The second-order valence-electron chi connectivity index (χ2n) is 7.88. The second-order valence-corrected chi connectivity index (χ2v) is 10.0. The molecule has 2 amide bonds. The van der Waals surface area contributed by atoms with Gasteiger partial charge in [-0.1, -0.05) is 32.0 Å². The van der Waals surface area contributed by atoms with E-state index >= 15 is 0 Å². The summed E-state index contributed by atoms with van der Waals surface area (Å²) < 4.78 is 53.3. The van der Waals surface area contributed by atoms with Crippen molar-refractivity contribution < 1.29 is 26.8 Å². The van der Waals surface area contributed by atoms with Crippen molar-refractivity contribution in [1.29, 1.82) is 0 Å². The molecule has 2 aromatic rings. The molecule has 0 bridgehead atoms. The molecule has 0 spiro atoms. The third kappa shape index (κ3) is 5.68. The van der Waals surface area contributed by atoms with Crippen LogP contribution in [0.25, 0.3) is 0 Å². The highest BCUT2D eigenvalue weighted by Gasteiger charge is 2.28. The smallest absolute Gasteiger partial charge is 0.257 e. The number of carbonyl (C=O) groups excluding carboxylic acids is 2. The van der Waals surface area contributed by atoms with Crippen molar-refractivity contribution in [3.8, 4) is 0 Å². The Morgan fingerprint density at radius 2 is 1.44 bits per heavy atom. The SMILES string of the molecule is CC(NC(=O)[C@@H](NC(=O)c1c(F)cccc1F)C(C)C)c1ccc(S(=O)(=O)N(C)C)cc1. The van der Waals surface area contributed by atoms with Gasteiger partial charge < -0.3 is 10.6 Å². The van der Waals surface area contributed by atoms with E-state index < -0.39 is 51.1 Å². The molecular formula is C22H27F2N3O4S. The fourth-order valence-corrected chi connectivity index (χ4v) is 3.89. The molecule has 10 heteroatoms. The van der Waals surface area contributed by atoms with E-state index in [0.717, 1.165) is 22.5 Å². The zero-order chi connectivity index (χ0) is 24.2. The van der Waals surface area contributed by atoms with Gasteiger partial charge in [-0.25, -0.2) is 21.5 Å². The normalized spacial score (nSPS) is 13.7. The topological polar surface area (TPSA) is 95.6 Å². The molecule has 0 aliphatic heterocycles. The summed E-state index contributed by atoms with van der Waals surface area (Å²) >= 11 is 0. The molecule has 0 radical (unpaired) electrons. The van der Waals surface area contributed by atoms with Gasteiger partial charge in [-0.2, -0.15) is 0 Å². The molecule has 0 aromatic heterocycles. The van der Waals surface area contributed by atoms with E-state index in [4.69, 9.17) is 0 Å². The monoisotopic (exact) mass is 467 g/mol. The van der Waals surface area contributed by atoms with E-state index in [1.807, 2.05) is 0 Å². The fourth-order valence-electron chi connectivity index (χ4n) is 2.99. The maximum Gasteiger partial charge on any atom is 0.257 e. The summed E-state index contributed by atoms with van der Waals surface area (Å²) in [5.41, 5.74) is -0.110. The van der Waals surface area contributed by atoms with Crippen LogP contribution in [-0.2, 0) is 14.8 Å². The van der Waals surface area contributed by atoms with Crippen LogP contribution >= 0.6 is 0 Å². The zero-order valence-electron chi connectivity index (χ0n) is 18.5. The second kappa shape index (κ2) is 10.2. The van der Waals surface area contributed by atoms with Crippen molar-refractivity contribution in [2.45, 2.75) is 37.8 Å². The third-order valence-electron chi connectivity index (χ3n) is 4.94. The molecule has 2 N–H and O–H groups in total. The maximum absolute atomic E-state index is 13.9. The lowest BCUT2D eigenvalue weighted by molar-refractivity contribution is -0.124. The zero-order valence-corrected chi connectivity index (χ0v) is 19.3.